The summed E-state index contributed by atoms with van der Waals surface area (Å²) in [6.45, 7) is 0. The van der Waals surface area contributed by atoms with Crippen molar-refractivity contribution in [2.75, 3.05) is 6.16 Å². The van der Waals surface area contributed by atoms with Crippen molar-refractivity contribution in [1.29, 1.82) is 0 Å². The topological polar surface area (TPSA) is 116 Å². The average Bonchev–Trinajstić information content (AvgIpc) is 2.65. The van der Waals surface area contributed by atoms with Crippen LogP contribution in [0.4, 0.5) is 0 Å². The molecule has 0 saturated carbocycles. The molecule has 1 rings (SSSR count). The molecule has 0 aromatic carbocycles. The number of hydrogen-bond acceptors (Lipinski definition) is 6. The normalized spacial score (nSPS) is 18.6. The SMILES string of the molecule is NOC(=O)CCCP(=O)(O)C1=COC(=O)C1. The number of carbonyl (C=O) groups is 2. The van der Waals surface area contributed by atoms with Gasteiger partial charge in [-0.05, 0) is 6.42 Å². The first-order valence-corrected chi connectivity index (χ1v) is 6.40. The van der Waals surface area contributed by atoms with Crippen LogP contribution in [0.25, 0.3) is 0 Å². The average molecular weight is 249 g/mol. The maximum Gasteiger partial charge on any atom is 0.324 e. The minimum Gasteiger partial charge on any atom is -0.434 e. The molecule has 1 atom stereocenters. The Hall–Kier alpha value is -1.17. The van der Waals surface area contributed by atoms with Crippen molar-refractivity contribution >= 4 is 19.3 Å². The highest BCUT2D eigenvalue weighted by Gasteiger charge is 2.30. The summed E-state index contributed by atoms with van der Waals surface area (Å²) in [5.41, 5.74) is 0. The Balaban J connectivity index is 2.43. The predicted octanol–water partition coefficient (Wildman–Crippen LogP) is 0.242. The second kappa shape index (κ2) is 5.25. The minimum atomic E-state index is -3.58. The Kier molecular flexibility index (Phi) is 4.23. The van der Waals surface area contributed by atoms with Crippen LogP contribution in [-0.2, 0) is 23.7 Å². The molecule has 0 amide bonds. The van der Waals surface area contributed by atoms with Gasteiger partial charge in [0.25, 0.3) is 0 Å². The quantitative estimate of drug-likeness (QED) is 0.407. The van der Waals surface area contributed by atoms with Crippen molar-refractivity contribution < 1.29 is 28.6 Å². The third-order valence-corrected chi connectivity index (χ3v) is 4.16. The van der Waals surface area contributed by atoms with Gasteiger partial charge in [-0.25, -0.2) is 0 Å². The molecule has 3 N–H and O–H groups in total. The van der Waals surface area contributed by atoms with E-state index in [0.717, 1.165) is 6.26 Å². The van der Waals surface area contributed by atoms with Crippen molar-refractivity contribution in [2.24, 2.45) is 5.90 Å². The van der Waals surface area contributed by atoms with Crippen molar-refractivity contribution in [1.82, 2.24) is 0 Å². The van der Waals surface area contributed by atoms with Gasteiger partial charge in [0.15, 0.2) is 0 Å². The molecule has 7 nitrogen and oxygen atoms in total. The Bertz CT molecular complexity index is 377. The van der Waals surface area contributed by atoms with Crippen LogP contribution < -0.4 is 5.90 Å². The van der Waals surface area contributed by atoms with E-state index in [4.69, 9.17) is 0 Å². The van der Waals surface area contributed by atoms with Crippen molar-refractivity contribution in [3.63, 3.8) is 0 Å². The molecule has 0 aliphatic carbocycles. The highest BCUT2D eigenvalue weighted by molar-refractivity contribution is 7.62. The summed E-state index contributed by atoms with van der Waals surface area (Å²) in [6.07, 6.45) is 0.850. The van der Waals surface area contributed by atoms with Gasteiger partial charge >= 0.3 is 11.9 Å². The van der Waals surface area contributed by atoms with Crippen molar-refractivity contribution in [3.8, 4) is 0 Å². The van der Waals surface area contributed by atoms with E-state index < -0.39 is 19.3 Å². The van der Waals surface area contributed by atoms with E-state index in [-0.39, 0.29) is 30.7 Å². The van der Waals surface area contributed by atoms with Gasteiger partial charge in [0.2, 0.25) is 7.37 Å². The van der Waals surface area contributed by atoms with Gasteiger partial charge in [-0.15, -0.1) is 0 Å². The van der Waals surface area contributed by atoms with E-state index >= 15 is 0 Å². The monoisotopic (exact) mass is 249 g/mol. The summed E-state index contributed by atoms with van der Waals surface area (Å²) in [7, 11) is -3.58. The molecule has 0 aromatic heterocycles. The van der Waals surface area contributed by atoms with Crippen LogP contribution in [0.5, 0.6) is 0 Å². The number of hydrogen-bond donors (Lipinski definition) is 2. The summed E-state index contributed by atoms with van der Waals surface area (Å²) in [4.78, 5) is 34.9. The van der Waals surface area contributed by atoms with E-state index in [0.29, 0.717) is 0 Å². The van der Waals surface area contributed by atoms with Crippen LogP contribution in [0.3, 0.4) is 0 Å². The summed E-state index contributed by atoms with van der Waals surface area (Å²) in [5.74, 6) is 3.41. The lowest BCUT2D eigenvalue weighted by molar-refractivity contribution is -0.144. The standard InChI is InChI=1S/C8H12NO6P/c9-15-7(10)2-1-3-16(12,13)6-4-8(11)14-5-6/h5H,1-4,9H2,(H,12,13). The molecule has 0 radical (unpaired) electrons. The van der Waals surface area contributed by atoms with Crippen molar-refractivity contribution in [2.45, 2.75) is 19.3 Å². The van der Waals surface area contributed by atoms with Crippen LogP contribution in [0.1, 0.15) is 19.3 Å². The zero-order chi connectivity index (χ0) is 12.2. The van der Waals surface area contributed by atoms with E-state index in [2.05, 4.69) is 15.5 Å². The maximum absolute atomic E-state index is 11.7. The van der Waals surface area contributed by atoms with Gasteiger partial charge in [-0.2, -0.15) is 5.90 Å². The molecule has 0 saturated heterocycles. The van der Waals surface area contributed by atoms with Crippen LogP contribution in [0.2, 0.25) is 0 Å². The van der Waals surface area contributed by atoms with E-state index in [1.54, 1.807) is 0 Å². The number of ether oxygens (including phenoxy) is 1. The number of carbonyl (C=O) groups excluding carboxylic acids is 2. The Morgan fingerprint density at radius 2 is 2.38 bits per heavy atom. The predicted molar refractivity (Wildman–Crippen MR) is 53.0 cm³/mol. The zero-order valence-corrected chi connectivity index (χ0v) is 9.31. The number of nitrogens with two attached hydrogens (primary N) is 1. The van der Waals surface area contributed by atoms with E-state index in [1.165, 1.54) is 0 Å². The van der Waals surface area contributed by atoms with Gasteiger partial charge in [0, 0.05) is 12.6 Å². The molecule has 90 valence electrons. The molecule has 0 aromatic rings. The summed E-state index contributed by atoms with van der Waals surface area (Å²) < 4.78 is 16.2. The van der Waals surface area contributed by atoms with Crippen LogP contribution in [0, 0.1) is 0 Å². The molecule has 0 bridgehead atoms. The van der Waals surface area contributed by atoms with Crippen LogP contribution >= 0.6 is 7.37 Å². The largest absolute Gasteiger partial charge is 0.434 e. The highest BCUT2D eigenvalue weighted by Crippen LogP contribution is 2.53. The second-order valence-corrected chi connectivity index (χ2v) is 5.72. The maximum atomic E-state index is 11.7. The molecule has 0 fully saturated rings. The molecule has 0 spiro atoms. The number of cyclic esters (lactones) is 1. The van der Waals surface area contributed by atoms with E-state index in [1.807, 2.05) is 0 Å². The third-order valence-electron chi connectivity index (χ3n) is 2.07. The smallest absolute Gasteiger partial charge is 0.324 e. The minimum absolute atomic E-state index is 0.0386. The Morgan fingerprint density at radius 1 is 1.69 bits per heavy atom. The second-order valence-electron chi connectivity index (χ2n) is 3.29. The fourth-order valence-electron chi connectivity index (χ4n) is 1.21. The Labute approximate surface area is 91.6 Å². The van der Waals surface area contributed by atoms with Crippen molar-refractivity contribution in [3.05, 3.63) is 11.6 Å². The fourth-order valence-corrected chi connectivity index (χ4v) is 2.68. The lowest BCUT2D eigenvalue weighted by atomic mass is 10.3. The fraction of sp³-hybridized carbons (Fsp3) is 0.500. The van der Waals surface area contributed by atoms with Gasteiger partial charge in [-0.3, -0.25) is 14.2 Å². The lowest BCUT2D eigenvalue weighted by Crippen LogP contribution is -2.10. The first-order chi connectivity index (χ1) is 7.45. The van der Waals surface area contributed by atoms with Gasteiger partial charge < -0.3 is 14.5 Å². The van der Waals surface area contributed by atoms with Gasteiger partial charge in [0.1, 0.15) is 6.26 Å². The molecule has 1 unspecified atom stereocenters. The summed E-state index contributed by atoms with van der Waals surface area (Å²) in [5, 5.41) is 0.0821. The van der Waals surface area contributed by atoms with Gasteiger partial charge in [0.05, 0.1) is 11.7 Å². The third kappa shape index (κ3) is 3.44. The van der Waals surface area contributed by atoms with Gasteiger partial charge in [-0.1, -0.05) is 0 Å². The molecular weight excluding hydrogens is 237 g/mol. The first kappa shape index (κ1) is 12.9. The molecule has 8 heteroatoms. The summed E-state index contributed by atoms with van der Waals surface area (Å²) >= 11 is 0. The lowest BCUT2D eigenvalue weighted by Gasteiger charge is -2.09. The highest BCUT2D eigenvalue weighted by atomic mass is 31.2. The molecular formula is C8H12NO6P. The summed E-state index contributed by atoms with van der Waals surface area (Å²) in [6, 6.07) is 0. The Morgan fingerprint density at radius 3 is 2.88 bits per heavy atom. The molecule has 1 aliphatic rings. The first-order valence-electron chi connectivity index (χ1n) is 4.56. The molecule has 16 heavy (non-hydrogen) atoms. The number of esters is 1. The van der Waals surface area contributed by atoms with E-state index in [9.17, 15) is 19.0 Å². The van der Waals surface area contributed by atoms with Crippen LogP contribution in [-0.4, -0.2) is 23.0 Å². The zero-order valence-electron chi connectivity index (χ0n) is 8.42. The molecule has 1 heterocycles. The number of rotatable bonds is 5. The van der Waals surface area contributed by atoms with Crippen LogP contribution in [0.15, 0.2) is 11.6 Å². The molecule has 1 aliphatic heterocycles.